The SMILES string of the molecule is Cc1sc2nc(COC(=O)CCN3C(=O)NC4(CCCC4)C3=O)[nH]c(=O)c2c1C. The molecule has 154 valence electrons. The standard InChI is InChI=1S/C19H22N4O5S/c1-10-11(2)29-16-14(10)15(25)20-12(21-16)9-28-13(24)5-8-23-17(26)19(22-18(23)27)6-3-4-7-19/h3-9H2,1-2H3,(H,22,27)(H,20,21,25). The number of ether oxygens (including phenoxy) is 1. The number of imide groups is 1. The van der Waals surface area contributed by atoms with Gasteiger partial charge in [0.2, 0.25) is 0 Å². The number of carbonyl (C=O) groups excluding carboxylic acids is 3. The maximum atomic E-state index is 12.6. The second kappa shape index (κ2) is 7.25. The highest BCUT2D eigenvalue weighted by molar-refractivity contribution is 7.18. The van der Waals surface area contributed by atoms with Crippen molar-refractivity contribution in [1.82, 2.24) is 20.2 Å². The number of carbonyl (C=O) groups is 3. The van der Waals surface area contributed by atoms with Gasteiger partial charge >= 0.3 is 12.0 Å². The minimum atomic E-state index is -0.781. The van der Waals surface area contributed by atoms with Crippen LogP contribution in [0.25, 0.3) is 10.2 Å². The van der Waals surface area contributed by atoms with Crippen LogP contribution in [0.2, 0.25) is 0 Å². The Morgan fingerprint density at radius 1 is 1.24 bits per heavy atom. The number of fused-ring (bicyclic) bond motifs is 1. The van der Waals surface area contributed by atoms with Crippen LogP contribution < -0.4 is 10.9 Å². The van der Waals surface area contributed by atoms with Crippen molar-refractivity contribution in [2.45, 2.75) is 58.1 Å². The average Bonchev–Trinajstić information content (AvgIpc) is 3.31. The first-order valence-electron chi connectivity index (χ1n) is 9.59. The molecule has 0 aromatic carbocycles. The molecule has 1 aliphatic heterocycles. The predicted octanol–water partition coefficient (Wildman–Crippen LogP) is 1.90. The second-order valence-electron chi connectivity index (χ2n) is 7.56. The maximum absolute atomic E-state index is 12.6. The number of hydrogen-bond acceptors (Lipinski definition) is 7. The fraction of sp³-hybridized carbons (Fsp3) is 0.526. The molecule has 2 N–H and O–H groups in total. The molecule has 3 heterocycles. The van der Waals surface area contributed by atoms with E-state index in [9.17, 15) is 19.2 Å². The number of rotatable bonds is 5. The molecule has 2 fully saturated rings. The van der Waals surface area contributed by atoms with Gasteiger partial charge in [-0.15, -0.1) is 11.3 Å². The van der Waals surface area contributed by atoms with E-state index in [0.29, 0.717) is 23.1 Å². The molecule has 29 heavy (non-hydrogen) atoms. The number of aromatic nitrogens is 2. The van der Waals surface area contributed by atoms with E-state index in [4.69, 9.17) is 4.74 Å². The van der Waals surface area contributed by atoms with Crippen molar-refractivity contribution in [2.24, 2.45) is 0 Å². The van der Waals surface area contributed by atoms with Crippen LogP contribution >= 0.6 is 11.3 Å². The third-order valence-corrected chi connectivity index (χ3v) is 6.80. The Labute approximate surface area is 170 Å². The van der Waals surface area contributed by atoms with E-state index in [1.54, 1.807) is 0 Å². The van der Waals surface area contributed by atoms with Crippen molar-refractivity contribution in [3.63, 3.8) is 0 Å². The van der Waals surface area contributed by atoms with Gasteiger partial charge in [-0.05, 0) is 32.3 Å². The lowest BCUT2D eigenvalue weighted by Crippen LogP contribution is -2.44. The third-order valence-electron chi connectivity index (χ3n) is 5.70. The summed E-state index contributed by atoms with van der Waals surface area (Å²) < 4.78 is 5.18. The van der Waals surface area contributed by atoms with E-state index < -0.39 is 17.5 Å². The van der Waals surface area contributed by atoms with Crippen molar-refractivity contribution in [3.05, 3.63) is 26.6 Å². The monoisotopic (exact) mass is 418 g/mol. The summed E-state index contributed by atoms with van der Waals surface area (Å²) >= 11 is 1.42. The van der Waals surface area contributed by atoms with Crippen LogP contribution in [0.15, 0.2) is 4.79 Å². The number of nitrogens with zero attached hydrogens (tertiary/aromatic N) is 2. The normalized spacial score (nSPS) is 18.1. The molecule has 4 rings (SSSR count). The maximum Gasteiger partial charge on any atom is 0.325 e. The van der Waals surface area contributed by atoms with Gasteiger partial charge < -0.3 is 15.0 Å². The molecule has 0 atom stereocenters. The Balaban J connectivity index is 1.35. The number of aryl methyl sites for hydroxylation is 2. The summed E-state index contributed by atoms with van der Waals surface area (Å²) in [5.41, 5.74) is -0.142. The molecule has 0 unspecified atom stereocenters. The Bertz CT molecular complexity index is 1070. The Kier molecular flexibility index (Phi) is 4.89. The number of nitrogens with one attached hydrogen (secondary N) is 2. The molecule has 1 saturated carbocycles. The van der Waals surface area contributed by atoms with Gasteiger partial charge in [-0.3, -0.25) is 19.3 Å². The zero-order valence-corrected chi connectivity index (χ0v) is 17.1. The van der Waals surface area contributed by atoms with E-state index in [2.05, 4.69) is 15.3 Å². The molecule has 0 bridgehead atoms. The third kappa shape index (κ3) is 3.41. The molecule has 9 nitrogen and oxygen atoms in total. The number of urea groups is 1. The van der Waals surface area contributed by atoms with Gasteiger partial charge in [0, 0.05) is 11.4 Å². The summed E-state index contributed by atoms with van der Waals surface area (Å²) in [4.78, 5) is 58.7. The predicted molar refractivity (Wildman–Crippen MR) is 106 cm³/mol. The first-order chi connectivity index (χ1) is 13.8. The Hall–Kier alpha value is -2.75. The quantitative estimate of drug-likeness (QED) is 0.565. The minimum absolute atomic E-state index is 0.0302. The van der Waals surface area contributed by atoms with Crippen molar-refractivity contribution >= 4 is 39.5 Å². The molecule has 2 aliphatic rings. The van der Waals surface area contributed by atoms with Crippen LogP contribution in [0.1, 0.15) is 48.4 Å². The molecule has 2 aromatic rings. The van der Waals surface area contributed by atoms with Crippen LogP contribution in [-0.4, -0.2) is 44.9 Å². The van der Waals surface area contributed by atoms with Crippen LogP contribution in [0, 0.1) is 13.8 Å². The van der Waals surface area contributed by atoms with Crippen LogP contribution in [0.5, 0.6) is 0 Å². The highest BCUT2D eigenvalue weighted by Crippen LogP contribution is 2.35. The van der Waals surface area contributed by atoms with E-state index in [0.717, 1.165) is 28.2 Å². The second-order valence-corrected chi connectivity index (χ2v) is 8.77. The number of amides is 3. The van der Waals surface area contributed by atoms with E-state index in [1.807, 2.05) is 13.8 Å². The van der Waals surface area contributed by atoms with E-state index >= 15 is 0 Å². The van der Waals surface area contributed by atoms with Crippen LogP contribution in [0.3, 0.4) is 0 Å². The summed E-state index contributed by atoms with van der Waals surface area (Å²) in [7, 11) is 0. The molecule has 10 heteroatoms. The summed E-state index contributed by atoms with van der Waals surface area (Å²) in [5.74, 6) is -0.566. The number of thiophene rings is 1. The van der Waals surface area contributed by atoms with Gasteiger partial charge in [-0.25, -0.2) is 9.78 Å². The molecular weight excluding hydrogens is 396 g/mol. The van der Waals surface area contributed by atoms with Gasteiger partial charge in [0.1, 0.15) is 22.8 Å². The summed E-state index contributed by atoms with van der Waals surface area (Å²) in [5, 5.41) is 3.33. The first-order valence-corrected chi connectivity index (χ1v) is 10.4. The lowest BCUT2D eigenvalue weighted by atomic mass is 9.98. The molecule has 1 aliphatic carbocycles. The zero-order valence-electron chi connectivity index (χ0n) is 16.3. The molecular formula is C19H22N4O5S. The molecule has 2 aromatic heterocycles. The summed E-state index contributed by atoms with van der Waals surface area (Å²) in [6, 6.07) is -0.454. The number of aromatic amines is 1. The fourth-order valence-corrected chi connectivity index (χ4v) is 5.04. The number of H-pyrrole nitrogens is 1. The Morgan fingerprint density at radius 2 is 1.97 bits per heavy atom. The Morgan fingerprint density at radius 3 is 2.69 bits per heavy atom. The molecule has 1 saturated heterocycles. The highest BCUT2D eigenvalue weighted by atomic mass is 32.1. The minimum Gasteiger partial charge on any atom is -0.457 e. The van der Waals surface area contributed by atoms with Crippen molar-refractivity contribution in [1.29, 1.82) is 0 Å². The summed E-state index contributed by atoms with van der Waals surface area (Å²) in [6.45, 7) is 3.59. The first kappa shape index (κ1) is 19.6. The molecule has 3 amide bonds. The lowest BCUT2D eigenvalue weighted by molar-refractivity contribution is -0.145. The van der Waals surface area contributed by atoms with Crippen molar-refractivity contribution in [3.8, 4) is 0 Å². The molecule has 1 spiro atoms. The smallest absolute Gasteiger partial charge is 0.325 e. The fourth-order valence-electron chi connectivity index (χ4n) is 3.99. The van der Waals surface area contributed by atoms with Crippen LogP contribution in [0.4, 0.5) is 4.79 Å². The zero-order chi connectivity index (χ0) is 20.8. The van der Waals surface area contributed by atoms with Gasteiger partial charge in [0.05, 0.1) is 11.8 Å². The lowest BCUT2D eigenvalue weighted by Gasteiger charge is -2.19. The molecule has 0 radical (unpaired) electrons. The van der Waals surface area contributed by atoms with Crippen molar-refractivity contribution in [2.75, 3.05) is 6.54 Å². The summed E-state index contributed by atoms with van der Waals surface area (Å²) in [6.07, 6.45) is 2.98. The van der Waals surface area contributed by atoms with E-state index in [-0.39, 0.29) is 36.9 Å². The topological polar surface area (TPSA) is 121 Å². The largest absolute Gasteiger partial charge is 0.457 e. The van der Waals surface area contributed by atoms with E-state index in [1.165, 1.54) is 11.3 Å². The number of hydrogen-bond donors (Lipinski definition) is 2. The van der Waals surface area contributed by atoms with Gasteiger partial charge in [0.15, 0.2) is 0 Å². The van der Waals surface area contributed by atoms with Crippen LogP contribution in [-0.2, 0) is 20.9 Å². The highest BCUT2D eigenvalue weighted by Gasteiger charge is 2.52. The van der Waals surface area contributed by atoms with Gasteiger partial charge in [-0.2, -0.15) is 0 Å². The van der Waals surface area contributed by atoms with Gasteiger partial charge in [0.25, 0.3) is 11.5 Å². The number of esters is 1. The van der Waals surface area contributed by atoms with Gasteiger partial charge in [-0.1, -0.05) is 12.8 Å². The van der Waals surface area contributed by atoms with Crippen molar-refractivity contribution < 1.29 is 19.1 Å². The average molecular weight is 418 g/mol.